The third kappa shape index (κ3) is 2.82. The van der Waals surface area contributed by atoms with Gasteiger partial charge in [0.2, 0.25) is 0 Å². The number of hydrogen-bond acceptors (Lipinski definition) is 3. The molecule has 1 saturated heterocycles. The first kappa shape index (κ1) is 12.0. The van der Waals surface area contributed by atoms with Crippen molar-refractivity contribution in [2.24, 2.45) is 0 Å². The van der Waals surface area contributed by atoms with Gasteiger partial charge in [-0.3, -0.25) is 4.90 Å². The molecule has 0 amide bonds. The van der Waals surface area contributed by atoms with Crippen LogP contribution in [0.2, 0.25) is 0 Å². The molecule has 0 aliphatic carbocycles. The number of hydrogen-bond donors (Lipinski definition) is 1. The van der Waals surface area contributed by atoms with Gasteiger partial charge in [-0.2, -0.15) is 5.26 Å². The largest absolute Gasteiger partial charge is 0.315 e. The summed E-state index contributed by atoms with van der Waals surface area (Å²) in [6, 6.07) is 7.15. The summed E-state index contributed by atoms with van der Waals surface area (Å²) in [6.45, 7) is 2.81. The number of likely N-dealkylation sites (N-methyl/N-ethyl adjacent to an activating group) is 1. The van der Waals surface area contributed by atoms with Crippen molar-refractivity contribution in [3.05, 3.63) is 35.1 Å². The van der Waals surface area contributed by atoms with Gasteiger partial charge in [0.15, 0.2) is 0 Å². The highest BCUT2D eigenvalue weighted by Gasteiger charge is 2.19. The molecule has 3 nitrogen and oxygen atoms in total. The van der Waals surface area contributed by atoms with E-state index in [0.29, 0.717) is 6.04 Å². The van der Waals surface area contributed by atoms with E-state index in [-0.39, 0.29) is 5.56 Å². The average molecular weight is 233 g/mol. The second-order valence-corrected chi connectivity index (χ2v) is 4.49. The maximum atomic E-state index is 13.2. The molecule has 2 rings (SSSR count). The van der Waals surface area contributed by atoms with E-state index >= 15 is 0 Å². The van der Waals surface area contributed by atoms with Gasteiger partial charge < -0.3 is 5.32 Å². The van der Waals surface area contributed by atoms with Gasteiger partial charge in [-0.1, -0.05) is 6.07 Å². The van der Waals surface area contributed by atoms with Crippen LogP contribution in [0.15, 0.2) is 18.2 Å². The smallest absolute Gasteiger partial charge is 0.140 e. The molecule has 0 aromatic heterocycles. The van der Waals surface area contributed by atoms with Crippen molar-refractivity contribution >= 4 is 0 Å². The lowest BCUT2D eigenvalue weighted by atomic mass is 10.1. The molecule has 1 aromatic carbocycles. The molecule has 1 unspecified atom stereocenters. The lowest BCUT2D eigenvalue weighted by Crippen LogP contribution is -2.32. The normalized spacial score (nSPS) is 19.5. The molecule has 1 fully saturated rings. The molecular formula is C13H16FN3. The van der Waals surface area contributed by atoms with Crippen LogP contribution in [0.3, 0.4) is 0 Å². The molecule has 1 aromatic rings. The van der Waals surface area contributed by atoms with Crippen molar-refractivity contribution in [3.8, 4) is 6.07 Å². The van der Waals surface area contributed by atoms with E-state index in [0.717, 1.165) is 31.6 Å². The molecule has 0 spiro atoms. The Labute approximate surface area is 101 Å². The zero-order chi connectivity index (χ0) is 12.3. The minimum absolute atomic E-state index is 0.125. The van der Waals surface area contributed by atoms with Crippen LogP contribution in [-0.2, 0) is 6.54 Å². The fraction of sp³-hybridized carbons (Fsp3) is 0.462. The molecular weight excluding hydrogens is 217 g/mol. The molecule has 0 radical (unpaired) electrons. The SMILES string of the molecule is CN(Cc1ccc(F)c(C#N)c1)C1CCNC1. The lowest BCUT2D eigenvalue weighted by Gasteiger charge is -2.23. The summed E-state index contributed by atoms with van der Waals surface area (Å²) in [5, 5.41) is 12.1. The number of nitrogens with one attached hydrogen (secondary N) is 1. The number of nitriles is 1. The molecule has 1 atom stereocenters. The van der Waals surface area contributed by atoms with Crippen LogP contribution in [0.4, 0.5) is 4.39 Å². The third-order valence-electron chi connectivity index (χ3n) is 3.24. The Morgan fingerprint density at radius 1 is 1.59 bits per heavy atom. The maximum Gasteiger partial charge on any atom is 0.140 e. The molecule has 1 N–H and O–H groups in total. The Morgan fingerprint density at radius 3 is 3.06 bits per heavy atom. The highest BCUT2D eigenvalue weighted by Crippen LogP contribution is 2.14. The summed E-state index contributed by atoms with van der Waals surface area (Å²) in [4.78, 5) is 2.24. The summed E-state index contributed by atoms with van der Waals surface area (Å²) < 4.78 is 13.2. The summed E-state index contributed by atoms with van der Waals surface area (Å²) in [5.41, 5.74) is 1.11. The van der Waals surface area contributed by atoms with Gasteiger partial charge >= 0.3 is 0 Å². The lowest BCUT2D eigenvalue weighted by molar-refractivity contribution is 0.249. The topological polar surface area (TPSA) is 39.1 Å². The highest BCUT2D eigenvalue weighted by molar-refractivity contribution is 5.34. The summed E-state index contributed by atoms with van der Waals surface area (Å²) in [5.74, 6) is -0.443. The van der Waals surface area contributed by atoms with Gasteiger partial charge in [-0.05, 0) is 37.7 Å². The predicted molar refractivity (Wildman–Crippen MR) is 63.9 cm³/mol. The van der Waals surface area contributed by atoms with E-state index in [1.165, 1.54) is 6.07 Å². The molecule has 17 heavy (non-hydrogen) atoms. The molecule has 1 aliphatic rings. The van der Waals surface area contributed by atoms with Crippen molar-refractivity contribution in [1.82, 2.24) is 10.2 Å². The molecule has 0 saturated carbocycles. The second-order valence-electron chi connectivity index (χ2n) is 4.49. The minimum Gasteiger partial charge on any atom is -0.315 e. The molecule has 1 heterocycles. The van der Waals surface area contributed by atoms with Crippen LogP contribution in [0.25, 0.3) is 0 Å². The number of rotatable bonds is 3. The average Bonchev–Trinajstić information content (AvgIpc) is 2.85. The Kier molecular flexibility index (Phi) is 3.72. The zero-order valence-corrected chi connectivity index (χ0v) is 9.91. The van der Waals surface area contributed by atoms with Crippen LogP contribution in [0, 0.1) is 17.1 Å². The van der Waals surface area contributed by atoms with Gasteiger partial charge in [0.1, 0.15) is 11.9 Å². The van der Waals surface area contributed by atoms with Gasteiger partial charge in [0.05, 0.1) is 5.56 Å². The minimum atomic E-state index is -0.443. The van der Waals surface area contributed by atoms with Crippen molar-refractivity contribution < 1.29 is 4.39 Å². The first-order valence-electron chi connectivity index (χ1n) is 5.80. The first-order chi connectivity index (χ1) is 8.20. The fourth-order valence-electron chi connectivity index (χ4n) is 2.19. The number of halogens is 1. The fourth-order valence-corrected chi connectivity index (χ4v) is 2.19. The van der Waals surface area contributed by atoms with E-state index in [1.807, 2.05) is 6.07 Å². The predicted octanol–water partition coefficient (Wildman–Crippen LogP) is 1.49. The van der Waals surface area contributed by atoms with E-state index in [4.69, 9.17) is 5.26 Å². The number of nitrogens with zero attached hydrogens (tertiary/aromatic N) is 2. The van der Waals surface area contributed by atoms with Gasteiger partial charge in [-0.15, -0.1) is 0 Å². The number of benzene rings is 1. The second kappa shape index (κ2) is 5.26. The molecule has 90 valence electrons. The van der Waals surface area contributed by atoms with Gasteiger partial charge in [0, 0.05) is 19.1 Å². The quantitative estimate of drug-likeness (QED) is 0.859. The molecule has 1 aliphatic heterocycles. The monoisotopic (exact) mass is 233 g/mol. The molecule has 0 bridgehead atoms. The Bertz CT molecular complexity index is 433. The first-order valence-corrected chi connectivity index (χ1v) is 5.80. The third-order valence-corrected chi connectivity index (χ3v) is 3.24. The van der Waals surface area contributed by atoms with Crippen molar-refractivity contribution in [2.75, 3.05) is 20.1 Å². The highest BCUT2D eigenvalue weighted by atomic mass is 19.1. The van der Waals surface area contributed by atoms with Crippen LogP contribution in [0.5, 0.6) is 0 Å². The van der Waals surface area contributed by atoms with E-state index in [1.54, 1.807) is 12.1 Å². The van der Waals surface area contributed by atoms with Gasteiger partial charge in [0.25, 0.3) is 0 Å². The Hall–Kier alpha value is -1.44. The van der Waals surface area contributed by atoms with Crippen LogP contribution < -0.4 is 5.32 Å². The van der Waals surface area contributed by atoms with Crippen molar-refractivity contribution in [3.63, 3.8) is 0 Å². The molecule has 4 heteroatoms. The Morgan fingerprint density at radius 2 is 2.41 bits per heavy atom. The maximum absolute atomic E-state index is 13.2. The zero-order valence-electron chi connectivity index (χ0n) is 9.91. The summed E-state index contributed by atoms with van der Waals surface area (Å²) >= 11 is 0. The Balaban J connectivity index is 2.05. The summed E-state index contributed by atoms with van der Waals surface area (Å²) in [7, 11) is 2.06. The van der Waals surface area contributed by atoms with Crippen LogP contribution in [0.1, 0.15) is 17.5 Å². The standard InChI is InChI=1S/C13H16FN3/c1-17(12-4-5-16-8-12)9-10-2-3-13(14)11(6-10)7-15/h2-3,6,12,16H,4-5,8-9H2,1H3. The van der Waals surface area contributed by atoms with Crippen molar-refractivity contribution in [2.45, 2.75) is 19.0 Å². The summed E-state index contributed by atoms with van der Waals surface area (Å²) in [6.07, 6.45) is 1.14. The van der Waals surface area contributed by atoms with Crippen molar-refractivity contribution in [1.29, 1.82) is 5.26 Å². The van der Waals surface area contributed by atoms with E-state index in [9.17, 15) is 4.39 Å². The van der Waals surface area contributed by atoms with Gasteiger partial charge in [-0.25, -0.2) is 4.39 Å². The van der Waals surface area contributed by atoms with Crippen LogP contribution >= 0.6 is 0 Å². The van der Waals surface area contributed by atoms with E-state index < -0.39 is 5.82 Å². The van der Waals surface area contributed by atoms with E-state index in [2.05, 4.69) is 17.3 Å². The van der Waals surface area contributed by atoms with Crippen LogP contribution in [-0.4, -0.2) is 31.1 Å².